The van der Waals surface area contributed by atoms with E-state index in [0.717, 1.165) is 0 Å². The normalized spacial score (nSPS) is 10.7. The summed E-state index contributed by atoms with van der Waals surface area (Å²) in [6, 6.07) is 8.77. The lowest BCUT2D eigenvalue weighted by atomic mass is 10.2. The number of nitrogens with zero attached hydrogens (tertiary/aromatic N) is 1. The van der Waals surface area contributed by atoms with Crippen molar-refractivity contribution < 1.29 is 13.6 Å². The number of anilines is 2. The SMILES string of the molecule is Cc1ccc(NC(=O)Nc2ccc3c(c2)oc(=O)n3C)cc1F. The predicted octanol–water partition coefficient (Wildman–Crippen LogP) is 3.22. The number of fused-ring (bicyclic) bond motifs is 1. The highest BCUT2D eigenvalue weighted by molar-refractivity contribution is 6.00. The van der Waals surface area contributed by atoms with Crippen molar-refractivity contribution in [2.24, 2.45) is 7.05 Å². The lowest BCUT2D eigenvalue weighted by Gasteiger charge is -2.08. The molecule has 0 unspecified atom stereocenters. The third-order valence-electron chi connectivity index (χ3n) is 3.48. The van der Waals surface area contributed by atoms with Gasteiger partial charge in [0.05, 0.1) is 5.52 Å². The molecule has 0 saturated carbocycles. The van der Waals surface area contributed by atoms with Gasteiger partial charge in [-0.25, -0.2) is 14.0 Å². The highest BCUT2D eigenvalue weighted by Crippen LogP contribution is 2.18. The van der Waals surface area contributed by atoms with Gasteiger partial charge in [-0.2, -0.15) is 0 Å². The molecule has 6 nitrogen and oxygen atoms in total. The number of rotatable bonds is 2. The minimum atomic E-state index is -0.522. The van der Waals surface area contributed by atoms with Crippen LogP contribution < -0.4 is 16.4 Å². The van der Waals surface area contributed by atoms with E-state index in [1.807, 2.05) is 0 Å². The molecule has 0 saturated heterocycles. The summed E-state index contributed by atoms with van der Waals surface area (Å²) in [4.78, 5) is 23.4. The minimum Gasteiger partial charge on any atom is -0.408 e. The van der Waals surface area contributed by atoms with Gasteiger partial charge in [-0.3, -0.25) is 4.57 Å². The van der Waals surface area contributed by atoms with E-state index in [2.05, 4.69) is 10.6 Å². The number of carbonyl (C=O) groups is 1. The maximum atomic E-state index is 13.5. The van der Waals surface area contributed by atoms with E-state index in [1.165, 1.54) is 10.6 Å². The monoisotopic (exact) mass is 315 g/mol. The molecule has 3 rings (SSSR count). The third kappa shape index (κ3) is 2.94. The van der Waals surface area contributed by atoms with E-state index in [4.69, 9.17) is 4.42 Å². The van der Waals surface area contributed by atoms with Crippen LogP contribution in [0.5, 0.6) is 0 Å². The van der Waals surface area contributed by atoms with Crippen LogP contribution >= 0.6 is 0 Å². The molecule has 0 fully saturated rings. The number of oxazole rings is 1. The Morgan fingerprint density at radius 3 is 2.48 bits per heavy atom. The summed E-state index contributed by atoms with van der Waals surface area (Å²) in [7, 11) is 1.60. The third-order valence-corrected chi connectivity index (χ3v) is 3.48. The van der Waals surface area contributed by atoms with E-state index in [1.54, 1.807) is 44.3 Å². The zero-order valence-corrected chi connectivity index (χ0v) is 12.5. The number of halogens is 1. The summed E-state index contributed by atoms with van der Waals surface area (Å²) in [6.07, 6.45) is 0. The number of hydrogen-bond donors (Lipinski definition) is 2. The van der Waals surface area contributed by atoms with Crippen LogP contribution in [0.15, 0.2) is 45.6 Å². The van der Waals surface area contributed by atoms with Gasteiger partial charge in [-0.1, -0.05) is 6.07 Å². The van der Waals surface area contributed by atoms with Crippen molar-refractivity contribution in [1.82, 2.24) is 4.57 Å². The standard InChI is InChI=1S/C16H14FN3O3/c1-9-3-4-10(7-12(9)17)18-15(21)19-11-5-6-13-14(8-11)23-16(22)20(13)2/h3-8H,1-2H3,(H2,18,19,21). The summed E-state index contributed by atoms with van der Waals surface area (Å²) < 4.78 is 19.9. The van der Waals surface area contributed by atoms with E-state index in [9.17, 15) is 14.0 Å². The maximum absolute atomic E-state index is 13.5. The van der Waals surface area contributed by atoms with Crippen LogP contribution in [0.3, 0.4) is 0 Å². The molecule has 7 heteroatoms. The highest BCUT2D eigenvalue weighted by atomic mass is 19.1. The van der Waals surface area contributed by atoms with Gasteiger partial charge in [-0.15, -0.1) is 0 Å². The summed E-state index contributed by atoms with van der Waals surface area (Å²) >= 11 is 0. The van der Waals surface area contributed by atoms with Gasteiger partial charge in [0.2, 0.25) is 0 Å². The lowest BCUT2D eigenvalue weighted by molar-refractivity contribution is 0.262. The molecule has 2 amide bonds. The molecule has 118 valence electrons. The van der Waals surface area contributed by atoms with Gasteiger partial charge in [0.15, 0.2) is 5.58 Å². The van der Waals surface area contributed by atoms with Crippen molar-refractivity contribution in [2.45, 2.75) is 6.92 Å². The summed E-state index contributed by atoms with van der Waals surface area (Å²) in [6.45, 7) is 1.64. The highest BCUT2D eigenvalue weighted by Gasteiger charge is 2.09. The second kappa shape index (κ2) is 5.60. The number of aromatic nitrogens is 1. The van der Waals surface area contributed by atoms with E-state index < -0.39 is 17.6 Å². The van der Waals surface area contributed by atoms with Gasteiger partial charge in [0.25, 0.3) is 0 Å². The van der Waals surface area contributed by atoms with Gasteiger partial charge in [0, 0.05) is 24.5 Å². The second-order valence-corrected chi connectivity index (χ2v) is 5.15. The summed E-state index contributed by atoms with van der Waals surface area (Å²) in [5.41, 5.74) is 2.30. The van der Waals surface area contributed by atoms with Crippen molar-refractivity contribution in [2.75, 3.05) is 10.6 Å². The number of urea groups is 1. The molecule has 3 aromatic rings. The Hall–Kier alpha value is -3.09. The molecule has 23 heavy (non-hydrogen) atoms. The summed E-state index contributed by atoms with van der Waals surface area (Å²) in [5, 5.41) is 5.14. The second-order valence-electron chi connectivity index (χ2n) is 5.15. The van der Waals surface area contributed by atoms with Crippen LogP contribution in [0, 0.1) is 12.7 Å². The first-order valence-corrected chi connectivity index (χ1v) is 6.88. The molecule has 1 heterocycles. The number of carbonyl (C=O) groups excluding carboxylic acids is 1. The Labute approximate surface area is 130 Å². The Bertz CT molecular complexity index is 959. The fourth-order valence-corrected chi connectivity index (χ4v) is 2.18. The zero-order valence-electron chi connectivity index (χ0n) is 12.5. The van der Waals surface area contributed by atoms with Crippen LogP contribution in [-0.4, -0.2) is 10.6 Å². The molecule has 0 spiro atoms. The number of benzene rings is 2. The van der Waals surface area contributed by atoms with E-state index >= 15 is 0 Å². The topological polar surface area (TPSA) is 76.3 Å². The molecule has 0 aliphatic rings. The molecule has 2 aromatic carbocycles. The van der Waals surface area contributed by atoms with Crippen LogP contribution in [-0.2, 0) is 7.05 Å². The van der Waals surface area contributed by atoms with Crippen molar-refractivity contribution in [3.63, 3.8) is 0 Å². The molecule has 0 aliphatic heterocycles. The van der Waals surface area contributed by atoms with E-state index in [-0.39, 0.29) is 0 Å². The fraction of sp³-hybridized carbons (Fsp3) is 0.125. The van der Waals surface area contributed by atoms with Crippen LogP contribution in [0.1, 0.15) is 5.56 Å². The first-order chi connectivity index (χ1) is 10.9. The average molecular weight is 315 g/mol. The molecule has 0 atom stereocenters. The van der Waals surface area contributed by atoms with Crippen molar-refractivity contribution >= 4 is 28.5 Å². The predicted molar refractivity (Wildman–Crippen MR) is 85.2 cm³/mol. The average Bonchev–Trinajstić information content (AvgIpc) is 2.77. The van der Waals surface area contributed by atoms with Gasteiger partial charge in [0.1, 0.15) is 5.82 Å². The van der Waals surface area contributed by atoms with Crippen LogP contribution in [0.4, 0.5) is 20.6 Å². The number of aryl methyl sites for hydroxylation is 2. The Morgan fingerprint density at radius 2 is 1.78 bits per heavy atom. The lowest BCUT2D eigenvalue weighted by Crippen LogP contribution is -2.19. The number of amides is 2. The molecular formula is C16H14FN3O3. The van der Waals surface area contributed by atoms with E-state index in [0.29, 0.717) is 28.0 Å². The first-order valence-electron chi connectivity index (χ1n) is 6.88. The van der Waals surface area contributed by atoms with Gasteiger partial charge >= 0.3 is 11.8 Å². The van der Waals surface area contributed by atoms with Crippen LogP contribution in [0.25, 0.3) is 11.1 Å². The van der Waals surface area contributed by atoms with Crippen molar-refractivity contribution in [1.29, 1.82) is 0 Å². The molecule has 1 aromatic heterocycles. The largest absolute Gasteiger partial charge is 0.419 e. The first kappa shape index (κ1) is 14.8. The Balaban J connectivity index is 1.77. The van der Waals surface area contributed by atoms with Crippen molar-refractivity contribution in [3.05, 3.63) is 58.3 Å². The summed E-state index contributed by atoms with van der Waals surface area (Å²) in [5.74, 6) is -0.869. The quantitative estimate of drug-likeness (QED) is 0.762. The molecule has 0 radical (unpaired) electrons. The van der Waals surface area contributed by atoms with Gasteiger partial charge < -0.3 is 15.1 Å². The molecule has 0 aliphatic carbocycles. The smallest absolute Gasteiger partial charge is 0.408 e. The Morgan fingerprint density at radius 1 is 1.13 bits per heavy atom. The van der Waals surface area contributed by atoms with Crippen LogP contribution in [0.2, 0.25) is 0 Å². The molecule has 2 N–H and O–H groups in total. The zero-order chi connectivity index (χ0) is 16.6. The van der Waals surface area contributed by atoms with Crippen molar-refractivity contribution in [3.8, 4) is 0 Å². The minimum absolute atomic E-state index is 0.345. The maximum Gasteiger partial charge on any atom is 0.419 e. The fourth-order valence-electron chi connectivity index (χ4n) is 2.18. The number of nitrogens with one attached hydrogen (secondary N) is 2. The molecule has 0 bridgehead atoms. The Kier molecular flexibility index (Phi) is 3.61. The number of hydrogen-bond acceptors (Lipinski definition) is 3. The molecular weight excluding hydrogens is 301 g/mol. The van der Waals surface area contributed by atoms with Gasteiger partial charge in [-0.05, 0) is 36.8 Å².